The molecule has 0 saturated carbocycles. The van der Waals surface area contributed by atoms with Gasteiger partial charge in [-0.25, -0.2) is 8.42 Å². The third-order valence-corrected chi connectivity index (χ3v) is 6.48. The summed E-state index contributed by atoms with van der Waals surface area (Å²) in [5, 5.41) is 6.42. The van der Waals surface area contributed by atoms with Crippen LogP contribution in [0, 0.1) is 0 Å². The van der Waals surface area contributed by atoms with Crippen LogP contribution in [0.5, 0.6) is 0 Å². The first-order valence-electron chi connectivity index (χ1n) is 8.96. The molecule has 0 heterocycles. The molecular formula is C20H28IN3O2S2. The maximum Gasteiger partial charge on any atom is 0.191 e. The lowest BCUT2D eigenvalue weighted by molar-refractivity contribution is 0.591. The summed E-state index contributed by atoms with van der Waals surface area (Å²) in [4.78, 5) is 5.41. The highest BCUT2D eigenvalue weighted by Gasteiger charge is 2.11. The summed E-state index contributed by atoms with van der Waals surface area (Å²) in [7, 11) is -1.38. The lowest BCUT2D eigenvalue weighted by Gasteiger charge is -2.12. The van der Waals surface area contributed by atoms with Crippen LogP contribution in [0.2, 0.25) is 0 Å². The fourth-order valence-electron chi connectivity index (χ4n) is 2.47. The van der Waals surface area contributed by atoms with Gasteiger partial charge in [0.15, 0.2) is 15.8 Å². The number of aliphatic imine (C=N–C) groups is 1. The van der Waals surface area contributed by atoms with Crippen molar-refractivity contribution in [2.24, 2.45) is 4.99 Å². The van der Waals surface area contributed by atoms with Gasteiger partial charge in [0.25, 0.3) is 0 Å². The second-order valence-corrected chi connectivity index (χ2v) is 9.37. The highest BCUT2D eigenvalue weighted by molar-refractivity contribution is 14.0. The van der Waals surface area contributed by atoms with Gasteiger partial charge in [-0.2, -0.15) is 0 Å². The van der Waals surface area contributed by atoms with Gasteiger partial charge in [-0.15, -0.1) is 35.7 Å². The minimum absolute atomic E-state index is 0. The third kappa shape index (κ3) is 10.3. The highest BCUT2D eigenvalue weighted by atomic mass is 127. The Morgan fingerprint density at radius 2 is 1.57 bits per heavy atom. The van der Waals surface area contributed by atoms with E-state index >= 15 is 0 Å². The Labute approximate surface area is 189 Å². The van der Waals surface area contributed by atoms with E-state index in [1.165, 1.54) is 4.90 Å². The second kappa shape index (κ2) is 13.8. The predicted molar refractivity (Wildman–Crippen MR) is 130 cm³/mol. The van der Waals surface area contributed by atoms with Crippen LogP contribution in [-0.2, 0) is 15.6 Å². The van der Waals surface area contributed by atoms with Crippen LogP contribution in [0.3, 0.4) is 0 Å². The Hall–Kier alpha value is -1.26. The zero-order chi connectivity index (χ0) is 19.4. The Balaban J connectivity index is 0.00000392. The molecule has 28 heavy (non-hydrogen) atoms. The molecule has 0 atom stereocenters. The van der Waals surface area contributed by atoms with Crippen LogP contribution in [-0.4, -0.2) is 46.0 Å². The number of nitrogens with one attached hydrogen (secondary N) is 2. The summed E-state index contributed by atoms with van der Waals surface area (Å²) in [6.07, 6.45) is 0.550. The van der Waals surface area contributed by atoms with Crippen molar-refractivity contribution in [3.63, 3.8) is 0 Å². The summed E-state index contributed by atoms with van der Waals surface area (Å²) in [5.41, 5.74) is 0.832. The Kier molecular flexibility index (Phi) is 12.2. The highest BCUT2D eigenvalue weighted by Crippen LogP contribution is 2.15. The maximum absolute atomic E-state index is 12.2. The van der Waals surface area contributed by atoms with E-state index < -0.39 is 9.84 Å². The van der Waals surface area contributed by atoms with Crippen molar-refractivity contribution in [2.75, 3.05) is 31.6 Å². The van der Waals surface area contributed by atoms with Gasteiger partial charge in [0.1, 0.15) is 0 Å². The first-order valence-corrected chi connectivity index (χ1v) is 11.8. The van der Waals surface area contributed by atoms with Gasteiger partial charge in [-0.05, 0) is 24.1 Å². The number of guanidine groups is 1. The minimum atomic E-state index is -3.09. The molecule has 154 valence electrons. The number of sulfone groups is 1. The van der Waals surface area contributed by atoms with Gasteiger partial charge >= 0.3 is 0 Å². The monoisotopic (exact) mass is 533 g/mol. The number of nitrogens with zero attached hydrogens (tertiary/aromatic N) is 1. The van der Waals surface area contributed by atoms with Gasteiger partial charge in [0.2, 0.25) is 0 Å². The van der Waals surface area contributed by atoms with Crippen molar-refractivity contribution in [3.05, 3.63) is 66.2 Å². The molecule has 0 amide bonds. The zero-order valence-corrected chi connectivity index (χ0v) is 20.0. The number of rotatable bonds is 10. The fraction of sp³-hybridized carbons (Fsp3) is 0.350. The number of hydrogen-bond acceptors (Lipinski definition) is 4. The molecule has 2 rings (SSSR count). The van der Waals surface area contributed by atoms with E-state index in [1.807, 2.05) is 48.5 Å². The van der Waals surface area contributed by atoms with Crippen molar-refractivity contribution < 1.29 is 8.42 Å². The van der Waals surface area contributed by atoms with E-state index in [-0.39, 0.29) is 35.5 Å². The second-order valence-electron chi connectivity index (χ2n) is 6.02. The quantitative estimate of drug-likeness (QED) is 0.161. The Bertz CT molecular complexity index is 801. The molecule has 2 aromatic carbocycles. The minimum Gasteiger partial charge on any atom is -0.356 e. The Morgan fingerprint density at radius 1 is 0.964 bits per heavy atom. The smallest absolute Gasteiger partial charge is 0.191 e. The first-order chi connectivity index (χ1) is 13.1. The molecule has 0 saturated heterocycles. The molecule has 8 heteroatoms. The number of benzene rings is 2. The van der Waals surface area contributed by atoms with E-state index in [9.17, 15) is 8.42 Å². The van der Waals surface area contributed by atoms with Crippen molar-refractivity contribution in [1.29, 1.82) is 0 Å². The number of halogens is 1. The summed E-state index contributed by atoms with van der Waals surface area (Å²) < 4.78 is 24.4. The Morgan fingerprint density at radius 3 is 2.21 bits per heavy atom. The molecule has 0 unspecified atom stereocenters. The third-order valence-electron chi connectivity index (χ3n) is 3.78. The van der Waals surface area contributed by atoms with Gasteiger partial charge in [-0.3, -0.25) is 4.99 Å². The van der Waals surface area contributed by atoms with Gasteiger partial charge in [0.05, 0.1) is 11.5 Å². The van der Waals surface area contributed by atoms with Gasteiger partial charge < -0.3 is 10.6 Å². The predicted octanol–water partition coefficient (Wildman–Crippen LogP) is 3.57. The maximum atomic E-state index is 12.2. The summed E-state index contributed by atoms with van der Waals surface area (Å²) >= 11 is 1.78. The van der Waals surface area contributed by atoms with Crippen molar-refractivity contribution in [2.45, 2.75) is 17.1 Å². The summed E-state index contributed by atoms with van der Waals surface area (Å²) in [6, 6.07) is 19.5. The van der Waals surface area contributed by atoms with Crippen LogP contribution in [0.15, 0.2) is 70.6 Å². The van der Waals surface area contributed by atoms with E-state index in [2.05, 4.69) is 27.8 Å². The van der Waals surface area contributed by atoms with Gasteiger partial charge in [0, 0.05) is 30.8 Å². The van der Waals surface area contributed by atoms with Crippen LogP contribution >= 0.6 is 35.7 Å². The van der Waals surface area contributed by atoms with Crippen LogP contribution in [0.1, 0.15) is 12.0 Å². The fourth-order valence-corrected chi connectivity index (χ4v) is 4.69. The number of hydrogen-bond donors (Lipinski definition) is 2. The summed E-state index contributed by atoms with van der Waals surface area (Å²) in [6.45, 7) is 1.35. The molecule has 0 spiro atoms. The molecule has 0 aliphatic heterocycles. The molecule has 2 aromatic rings. The number of thioether (sulfide) groups is 1. The lowest BCUT2D eigenvalue weighted by Crippen LogP contribution is -2.39. The van der Waals surface area contributed by atoms with E-state index in [4.69, 9.17) is 0 Å². The van der Waals surface area contributed by atoms with Gasteiger partial charge in [-0.1, -0.05) is 48.5 Å². The van der Waals surface area contributed by atoms with Crippen molar-refractivity contribution in [3.8, 4) is 0 Å². The van der Waals surface area contributed by atoms with E-state index in [0.29, 0.717) is 18.9 Å². The van der Waals surface area contributed by atoms with E-state index in [1.54, 1.807) is 18.8 Å². The van der Waals surface area contributed by atoms with E-state index in [0.717, 1.165) is 17.9 Å². The summed E-state index contributed by atoms with van der Waals surface area (Å²) in [5.74, 6) is 1.88. The lowest BCUT2D eigenvalue weighted by atomic mass is 10.2. The zero-order valence-electron chi connectivity index (χ0n) is 16.0. The van der Waals surface area contributed by atoms with Crippen molar-refractivity contribution >= 4 is 51.5 Å². The first kappa shape index (κ1) is 24.8. The molecule has 0 bridgehead atoms. The average molecular weight is 534 g/mol. The van der Waals surface area contributed by atoms with Crippen molar-refractivity contribution in [1.82, 2.24) is 10.6 Å². The molecule has 0 fully saturated rings. The molecule has 0 aromatic heterocycles. The topological polar surface area (TPSA) is 70.6 Å². The standard InChI is InChI=1S/C20H27N3O2S2.HI/c1-21-20(23-14-15-26-19-11-6-3-7-12-19)22-13-8-16-27(24,25)17-18-9-4-2-5-10-18;/h2-7,9-12H,8,13-17H2,1H3,(H2,21,22,23);1H. The molecule has 0 aliphatic rings. The molecular weight excluding hydrogens is 505 g/mol. The van der Waals surface area contributed by atoms with Crippen LogP contribution < -0.4 is 10.6 Å². The van der Waals surface area contributed by atoms with Crippen LogP contribution in [0.25, 0.3) is 0 Å². The molecule has 0 radical (unpaired) electrons. The SMILES string of the molecule is CN=C(NCCCS(=O)(=O)Cc1ccccc1)NCCSc1ccccc1.I. The van der Waals surface area contributed by atoms with Crippen LogP contribution in [0.4, 0.5) is 0 Å². The molecule has 5 nitrogen and oxygen atoms in total. The normalized spacial score (nSPS) is 11.5. The molecule has 0 aliphatic carbocycles. The molecule has 2 N–H and O–H groups in total. The average Bonchev–Trinajstić information content (AvgIpc) is 2.68. The largest absolute Gasteiger partial charge is 0.356 e.